The summed E-state index contributed by atoms with van der Waals surface area (Å²) in [6.07, 6.45) is -0.622. The molecule has 1 N–H and O–H groups in total. The summed E-state index contributed by atoms with van der Waals surface area (Å²) in [6, 6.07) is 3.97. The summed E-state index contributed by atoms with van der Waals surface area (Å²) in [5, 5.41) is 9.89. The smallest absolute Gasteiger partial charge is 0.122 e. The minimum Gasteiger partial charge on any atom is -0.496 e. The summed E-state index contributed by atoms with van der Waals surface area (Å²) in [6.45, 7) is 8.32. The van der Waals surface area contributed by atoms with E-state index in [1.165, 1.54) is 0 Å². The Balaban J connectivity index is 3.38. The number of halogens is 1. The lowest BCUT2D eigenvalue weighted by Crippen LogP contribution is -2.15. The number of rotatable bonds is 3. The Hall–Kier alpha value is -0.730. The molecule has 1 rings (SSSR count). The quantitative estimate of drug-likeness (QED) is 0.838. The first kappa shape index (κ1) is 14.3. The molecule has 96 valence electrons. The normalized spacial score (nSPS) is 13.6. The van der Waals surface area contributed by atoms with E-state index in [1.54, 1.807) is 7.11 Å². The van der Waals surface area contributed by atoms with Crippen molar-refractivity contribution in [2.45, 2.75) is 39.2 Å². The van der Waals surface area contributed by atoms with E-state index in [9.17, 15) is 5.11 Å². The standard InChI is InChI=1S/C14H21ClO2/c1-9-6-13(17-5)11(14(2,3)4)7-10(9)12(16)8-15/h6-7,12,16H,8H2,1-5H3. The number of hydrogen-bond acceptors (Lipinski definition) is 2. The first-order valence-corrected chi connectivity index (χ1v) is 6.27. The van der Waals surface area contributed by atoms with Gasteiger partial charge in [0.15, 0.2) is 0 Å². The summed E-state index contributed by atoms with van der Waals surface area (Å²) in [7, 11) is 1.67. The van der Waals surface area contributed by atoms with Gasteiger partial charge < -0.3 is 9.84 Å². The molecule has 2 nitrogen and oxygen atoms in total. The predicted octanol–water partition coefficient (Wildman–Crippen LogP) is 3.57. The third-order valence-electron chi connectivity index (χ3n) is 2.90. The van der Waals surface area contributed by atoms with Crippen molar-refractivity contribution in [2.75, 3.05) is 13.0 Å². The van der Waals surface area contributed by atoms with Crippen LogP contribution in [0.5, 0.6) is 5.75 Å². The number of aliphatic hydroxyl groups is 1. The predicted molar refractivity (Wildman–Crippen MR) is 72.1 cm³/mol. The topological polar surface area (TPSA) is 29.5 Å². The van der Waals surface area contributed by atoms with Crippen molar-refractivity contribution in [3.05, 3.63) is 28.8 Å². The summed E-state index contributed by atoms with van der Waals surface area (Å²) in [5.41, 5.74) is 2.94. The zero-order chi connectivity index (χ0) is 13.2. The lowest BCUT2D eigenvalue weighted by Gasteiger charge is -2.25. The maximum absolute atomic E-state index is 9.89. The van der Waals surface area contributed by atoms with Crippen LogP contribution in [0.15, 0.2) is 12.1 Å². The van der Waals surface area contributed by atoms with Crippen molar-refractivity contribution in [1.82, 2.24) is 0 Å². The highest BCUT2D eigenvalue weighted by Gasteiger charge is 2.22. The van der Waals surface area contributed by atoms with E-state index in [-0.39, 0.29) is 11.3 Å². The van der Waals surface area contributed by atoms with Crippen molar-refractivity contribution in [1.29, 1.82) is 0 Å². The summed E-state index contributed by atoms with van der Waals surface area (Å²) in [5.74, 6) is 1.07. The fraction of sp³-hybridized carbons (Fsp3) is 0.571. The fourth-order valence-corrected chi connectivity index (χ4v) is 2.06. The van der Waals surface area contributed by atoms with E-state index in [4.69, 9.17) is 16.3 Å². The number of ether oxygens (including phenoxy) is 1. The van der Waals surface area contributed by atoms with Gasteiger partial charge in [-0.1, -0.05) is 20.8 Å². The van der Waals surface area contributed by atoms with Crippen LogP contribution >= 0.6 is 11.6 Å². The molecule has 0 amide bonds. The van der Waals surface area contributed by atoms with Crippen molar-refractivity contribution >= 4 is 11.6 Å². The molecule has 1 unspecified atom stereocenters. The third kappa shape index (κ3) is 3.14. The van der Waals surface area contributed by atoms with Crippen molar-refractivity contribution in [2.24, 2.45) is 0 Å². The molecule has 3 heteroatoms. The van der Waals surface area contributed by atoms with Crippen molar-refractivity contribution < 1.29 is 9.84 Å². The number of benzene rings is 1. The van der Waals surface area contributed by atoms with Gasteiger partial charge in [0.1, 0.15) is 5.75 Å². The van der Waals surface area contributed by atoms with E-state index in [0.717, 1.165) is 22.4 Å². The van der Waals surface area contributed by atoms with Gasteiger partial charge in [0.25, 0.3) is 0 Å². The number of hydrogen-bond donors (Lipinski definition) is 1. The van der Waals surface area contributed by atoms with Gasteiger partial charge in [-0.3, -0.25) is 0 Å². The second-order valence-corrected chi connectivity index (χ2v) is 5.64. The molecule has 1 atom stereocenters. The minimum absolute atomic E-state index is 0.0280. The first-order valence-electron chi connectivity index (χ1n) is 5.74. The van der Waals surface area contributed by atoms with Gasteiger partial charge in [-0.15, -0.1) is 11.6 Å². The van der Waals surface area contributed by atoms with E-state index in [1.807, 2.05) is 19.1 Å². The monoisotopic (exact) mass is 256 g/mol. The third-order valence-corrected chi connectivity index (χ3v) is 3.19. The molecule has 0 aliphatic carbocycles. The molecule has 1 aromatic carbocycles. The van der Waals surface area contributed by atoms with Crippen LogP contribution in [0.3, 0.4) is 0 Å². The molecule has 0 bridgehead atoms. The number of aryl methyl sites for hydroxylation is 1. The molecule has 0 aromatic heterocycles. The Labute approximate surface area is 109 Å². The van der Waals surface area contributed by atoms with Crippen LogP contribution in [0.25, 0.3) is 0 Å². The highest BCUT2D eigenvalue weighted by molar-refractivity contribution is 6.18. The molecule has 0 aliphatic heterocycles. The van der Waals surface area contributed by atoms with Crippen molar-refractivity contribution in [3.8, 4) is 5.75 Å². The second kappa shape index (κ2) is 5.28. The lowest BCUT2D eigenvalue weighted by molar-refractivity contribution is 0.201. The summed E-state index contributed by atoms with van der Waals surface area (Å²) >= 11 is 5.72. The minimum atomic E-state index is -0.622. The molecule has 0 heterocycles. The van der Waals surface area contributed by atoms with Gasteiger partial charge in [0.2, 0.25) is 0 Å². The number of methoxy groups -OCH3 is 1. The van der Waals surface area contributed by atoms with Gasteiger partial charge in [-0.25, -0.2) is 0 Å². The van der Waals surface area contributed by atoms with E-state index < -0.39 is 6.10 Å². The SMILES string of the molecule is COc1cc(C)c(C(O)CCl)cc1C(C)(C)C. The van der Waals surface area contributed by atoms with Crippen LogP contribution in [0.1, 0.15) is 43.6 Å². The molecule has 0 radical (unpaired) electrons. The maximum Gasteiger partial charge on any atom is 0.122 e. The largest absolute Gasteiger partial charge is 0.496 e. The van der Waals surface area contributed by atoms with Crippen LogP contribution in [-0.2, 0) is 5.41 Å². The lowest BCUT2D eigenvalue weighted by atomic mass is 9.83. The first-order chi connectivity index (χ1) is 7.81. The zero-order valence-corrected chi connectivity index (χ0v) is 11.9. The van der Waals surface area contributed by atoms with E-state index in [0.29, 0.717) is 0 Å². The molecular formula is C14H21ClO2. The Kier molecular flexibility index (Phi) is 4.45. The number of aliphatic hydroxyl groups excluding tert-OH is 1. The zero-order valence-electron chi connectivity index (χ0n) is 11.2. The van der Waals surface area contributed by atoms with Crippen molar-refractivity contribution in [3.63, 3.8) is 0 Å². The maximum atomic E-state index is 9.89. The molecule has 0 spiro atoms. The molecule has 0 saturated carbocycles. The average Bonchev–Trinajstić information content (AvgIpc) is 2.25. The van der Waals surface area contributed by atoms with Gasteiger partial charge in [-0.05, 0) is 41.2 Å². The Bertz CT molecular complexity index is 394. The van der Waals surface area contributed by atoms with Crippen LogP contribution in [0.4, 0.5) is 0 Å². The Morgan fingerprint density at radius 1 is 1.35 bits per heavy atom. The molecule has 0 aliphatic rings. The van der Waals surface area contributed by atoms with Gasteiger partial charge in [0, 0.05) is 0 Å². The van der Waals surface area contributed by atoms with Gasteiger partial charge in [-0.2, -0.15) is 0 Å². The van der Waals surface area contributed by atoms with Gasteiger partial charge >= 0.3 is 0 Å². The molecular weight excluding hydrogens is 236 g/mol. The molecule has 17 heavy (non-hydrogen) atoms. The fourth-order valence-electron chi connectivity index (χ4n) is 1.90. The van der Waals surface area contributed by atoms with Crippen LogP contribution in [0.2, 0.25) is 0 Å². The van der Waals surface area contributed by atoms with Crippen LogP contribution < -0.4 is 4.74 Å². The molecule has 0 saturated heterocycles. The van der Waals surface area contributed by atoms with Gasteiger partial charge in [0.05, 0.1) is 19.1 Å². The average molecular weight is 257 g/mol. The van der Waals surface area contributed by atoms with E-state index >= 15 is 0 Å². The second-order valence-electron chi connectivity index (χ2n) is 5.33. The molecule has 0 fully saturated rings. The van der Waals surface area contributed by atoms with Crippen LogP contribution in [-0.4, -0.2) is 18.1 Å². The Morgan fingerprint density at radius 2 is 1.94 bits per heavy atom. The highest BCUT2D eigenvalue weighted by atomic mass is 35.5. The number of alkyl halides is 1. The summed E-state index contributed by atoms with van der Waals surface area (Å²) < 4.78 is 5.41. The Morgan fingerprint density at radius 3 is 2.35 bits per heavy atom. The van der Waals surface area contributed by atoms with Crippen LogP contribution in [0, 0.1) is 6.92 Å². The summed E-state index contributed by atoms with van der Waals surface area (Å²) in [4.78, 5) is 0. The van der Waals surface area contributed by atoms with E-state index in [2.05, 4.69) is 20.8 Å². The highest BCUT2D eigenvalue weighted by Crippen LogP contribution is 2.35. The molecule has 1 aromatic rings.